The molecule has 0 bridgehead atoms. The Morgan fingerprint density at radius 1 is 1.26 bits per heavy atom. The van der Waals surface area contributed by atoms with Crippen molar-refractivity contribution in [3.8, 4) is 16.9 Å². The van der Waals surface area contributed by atoms with Crippen LogP contribution in [0.5, 0.6) is 5.75 Å². The summed E-state index contributed by atoms with van der Waals surface area (Å²) in [6, 6.07) is 3.49. The number of rotatable bonds is 5. The average molecular weight is 455 g/mol. The Labute approximate surface area is 187 Å². The maximum absolute atomic E-state index is 13.1. The number of ether oxygens (including phenoxy) is 1. The van der Waals surface area contributed by atoms with E-state index >= 15 is 0 Å². The molecule has 5 rings (SSSR count). The number of aryl methyl sites for hydroxylation is 1. The summed E-state index contributed by atoms with van der Waals surface area (Å²) < 4.78 is 7.16. The number of hydrogen-bond donors (Lipinski definition) is 1. The number of carbonyl (C=O) groups is 1. The van der Waals surface area contributed by atoms with Crippen LogP contribution in [-0.4, -0.2) is 37.6 Å². The second kappa shape index (κ2) is 7.90. The van der Waals surface area contributed by atoms with Gasteiger partial charge in [0.05, 0.1) is 30.8 Å². The minimum Gasteiger partial charge on any atom is -0.494 e. The molecule has 4 heterocycles. The van der Waals surface area contributed by atoms with Crippen LogP contribution in [0.15, 0.2) is 30.7 Å². The highest BCUT2D eigenvalue weighted by Gasteiger charge is 2.24. The molecule has 0 saturated heterocycles. The molecule has 31 heavy (non-hydrogen) atoms. The van der Waals surface area contributed by atoms with Crippen LogP contribution in [0.25, 0.3) is 16.1 Å². The molecule has 0 unspecified atom stereocenters. The topological polar surface area (TPSA) is 94.3 Å². The van der Waals surface area contributed by atoms with Gasteiger partial charge in [0.25, 0.3) is 5.91 Å². The summed E-state index contributed by atoms with van der Waals surface area (Å²) in [6.07, 6.45) is 8.64. The summed E-state index contributed by atoms with van der Waals surface area (Å²) in [4.78, 5) is 26.9. The van der Waals surface area contributed by atoms with E-state index in [1.54, 1.807) is 23.9 Å². The first-order valence-electron chi connectivity index (χ1n) is 9.86. The molecule has 1 fully saturated rings. The lowest BCUT2D eigenvalue weighted by Gasteiger charge is -2.22. The van der Waals surface area contributed by atoms with E-state index in [1.807, 2.05) is 19.2 Å². The van der Waals surface area contributed by atoms with E-state index in [1.165, 1.54) is 36.8 Å². The minimum atomic E-state index is -0.325. The SMILES string of the molecule is COc1cnc(Cl)cc1-c1cc(C)ncc1C(=O)Nc1nn2cc(C3CCC3)nc2s1. The molecule has 158 valence electrons. The van der Waals surface area contributed by atoms with E-state index in [4.69, 9.17) is 16.3 Å². The summed E-state index contributed by atoms with van der Waals surface area (Å²) in [5, 5.41) is 8.12. The van der Waals surface area contributed by atoms with Crippen LogP contribution in [0.1, 0.15) is 46.9 Å². The van der Waals surface area contributed by atoms with Crippen molar-refractivity contribution in [2.45, 2.75) is 32.1 Å². The van der Waals surface area contributed by atoms with E-state index in [0.717, 1.165) is 16.3 Å². The Hall–Kier alpha value is -3.04. The van der Waals surface area contributed by atoms with Gasteiger partial charge in [0.1, 0.15) is 10.9 Å². The number of imidazole rings is 1. The summed E-state index contributed by atoms with van der Waals surface area (Å²) in [5.41, 5.74) is 3.54. The normalized spacial score (nSPS) is 13.9. The van der Waals surface area contributed by atoms with Crippen LogP contribution in [-0.2, 0) is 0 Å². The van der Waals surface area contributed by atoms with Gasteiger partial charge in [-0.15, -0.1) is 5.10 Å². The summed E-state index contributed by atoms with van der Waals surface area (Å²) in [5.74, 6) is 0.726. The minimum absolute atomic E-state index is 0.306. The third kappa shape index (κ3) is 3.75. The van der Waals surface area contributed by atoms with Gasteiger partial charge in [0.15, 0.2) is 0 Å². The molecular weight excluding hydrogens is 436 g/mol. The van der Waals surface area contributed by atoms with Crippen molar-refractivity contribution in [2.24, 2.45) is 0 Å². The number of nitrogens with one attached hydrogen (secondary N) is 1. The van der Waals surface area contributed by atoms with Gasteiger partial charge < -0.3 is 4.74 Å². The lowest BCUT2D eigenvalue weighted by molar-refractivity contribution is 0.102. The maximum atomic E-state index is 13.1. The van der Waals surface area contributed by atoms with Crippen molar-refractivity contribution >= 4 is 38.9 Å². The van der Waals surface area contributed by atoms with Crippen LogP contribution in [0.4, 0.5) is 5.13 Å². The van der Waals surface area contributed by atoms with Crippen molar-refractivity contribution in [1.82, 2.24) is 24.6 Å². The van der Waals surface area contributed by atoms with Gasteiger partial charge in [-0.3, -0.25) is 15.1 Å². The van der Waals surface area contributed by atoms with Gasteiger partial charge in [-0.25, -0.2) is 14.5 Å². The van der Waals surface area contributed by atoms with Crippen molar-refractivity contribution < 1.29 is 9.53 Å². The summed E-state index contributed by atoms with van der Waals surface area (Å²) in [6.45, 7) is 1.86. The fourth-order valence-electron chi connectivity index (χ4n) is 3.59. The Bertz CT molecular complexity index is 1270. The fourth-order valence-corrected chi connectivity index (χ4v) is 4.53. The largest absolute Gasteiger partial charge is 0.494 e. The molecule has 4 aromatic rings. The molecule has 0 atom stereocenters. The van der Waals surface area contributed by atoms with Crippen LogP contribution in [0, 0.1) is 6.92 Å². The smallest absolute Gasteiger partial charge is 0.259 e. The molecular formula is C21H19ClN6O2S. The van der Waals surface area contributed by atoms with Crippen LogP contribution in [0.3, 0.4) is 0 Å². The number of pyridine rings is 2. The molecule has 0 aliphatic heterocycles. The van der Waals surface area contributed by atoms with Gasteiger partial charge >= 0.3 is 0 Å². The van der Waals surface area contributed by atoms with E-state index in [-0.39, 0.29) is 5.91 Å². The molecule has 1 aliphatic carbocycles. The first-order chi connectivity index (χ1) is 15.0. The zero-order valence-electron chi connectivity index (χ0n) is 16.9. The molecule has 0 aromatic carbocycles. The van der Waals surface area contributed by atoms with Crippen molar-refractivity contribution in [2.75, 3.05) is 12.4 Å². The molecule has 0 spiro atoms. The fraction of sp³-hybridized carbons (Fsp3) is 0.286. The van der Waals surface area contributed by atoms with Crippen molar-refractivity contribution in [3.05, 3.63) is 52.8 Å². The van der Waals surface area contributed by atoms with Gasteiger partial charge in [-0.2, -0.15) is 0 Å². The zero-order valence-corrected chi connectivity index (χ0v) is 18.5. The first kappa shape index (κ1) is 19.9. The first-order valence-corrected chi connectivity index (χ1v) is 11.1. The molecule has 4 aromatic heterocycles. The third-order valence-corrected chi connectivity index (χ3v) is 6.48. The Balaban J connectivity index is 1.46. The number of methoxy groups -OCH3 is 1. The zero-order chi connectivity index (χ0) is 21.5. The number of carbonyl (C=O) groups excluding carboxylic acids is 1. The Kier molecular flexibility index (Phi) is 5.07. The second-order valence-electron chi connectivity index (χ2n) is 7.46. The Morgan fingerprint density at radius 3 is 2.81 bits per heavy atom. The Morgan fingerprint density at radius 2 is 2.10 bits per heavy atom. The highest BCUT2D eigenvalue weighted by atomic mass is 35.5. The molecule has 1 N–H and O–H groups in total. The van der Waals surface area contributed by atoms with Crippen molar-refractivity contribution in [1.29, 1.82) is 0 Å². The average Bonchev–Trinajstić information content (AvgIpc) is 3.24. The van der Waals surface area contributed by atoms with E-state index < -0.39 is 0 Å². The van der Waals surface area contributed by atoms with Crippen LogP contribution in [0.2, 0.25) is 5.15 Å². The number of amides is 1. The molecule has 8 nitrogen and oxygen atoms in total. The molecule has 1 amide bonds. The third-order valence-electron chi connectivity index (χ3n) is 5.44. The second-order valence-corrected chi connectivity index (χ2v) is 8.80. The lowest BCUT2D eigenvalue weighted by atomic mass is 9.83. The quantitative estimate of drug-likeness (QED) is 0.438. The van der Waals surface area contributed by atoms with Crippen molar-refractivity contribution in [3.63, 3.8) is 0 Å². The number of fused-ring (bicyclic) bond motifs is 1. The predicted octanol–water partition coefficient (Wildman–Crippen LogP) is 4.74. The maximum Gasteiger partial charge on any atom is 0.259 e. The highest BCUT2D eigenvalue weighted by Crippen LogP contribution is 2.37. The van der Waals surface area contributed by atoms with Gasteiger partial charge in [0.2, 0.25) is 10.1 Å². The monoisotopic (exact) mass is 454 g/mol. The number of aromatic nitrogens is 5. The number of halogens is 1. The van der Waals surface area contributed by atoms with E-state index in [2.05, 4.69) is 25.4 Å². The highest BCUT2D eigenvalue weighted by molar-refractivity contribution is 7.20. The predicted molar refractivity (Wildman–Crippen MR) is 119 cm³/mol. The van der Waals surface area contributed by atoms with Crippen LogP contribution >= 0.6 is 22.9 Å². The summed E-state index contributed by atoms with van der Waals surface area (Å²) >= 11 is 7.45. The number of nitrogens with zero attached hydrogens (tertiary/aromatic N) is 5. The molecule has 1 aliphatic rings. The number of hydrogen-bond acceptors (Lipinski definition) is 7. The van der Waals surface area contributed by atoms with E-state index in [9.17, 15) is 4.79 Å². The summed E-state index contributed by atoms with van der Waals surface area (Å²) in [7, 11) is 1.55. The number of anilines is 1. The van der Waals surface area contributed by atoms with Gasteiger partial charge in [0, 0.05) is 28.9 Å². The molecule has 1 saturated carbocycles. The van der Waals surface area contributed by atoms with E-state index in [0.29, 0.717) is 38.6 Å². The standard InChI is InChI=1S/C21H19ClN6O2S/c1-11-6-13(14-7-18(22)24-9-17(14)30-2)15(8-23-11)19(29)26-20-27-28-10-16(12-4-3-5-12)25-21(28)31-20/h6-10,12H,3-5H2,1-2H3,(H,26,27,29). The van der Waals surface area contributed by atoms with Crippen LogP contribution < -0.4 is 10.1 Å². The molecule has 10 heteroatoms. The lowest BCUT2D eigenvalue weighted by Crippen LogP contribution is -2.14. The van der Waals surface area contributed by atoms with Gasteiger partial charge in [-0.1, -0.05) is 29.4 Å². The van der Waals surface area contributed by atoms with Gasteiger partial charge in [-0.05, 0) is 31.9 Å². The molecule has 0 radical (unpaired) electrons.